The lowest BCUT2D eigenvalue weighted by atomic mass is 10.1. The van der Waals surface area contributed by atoms with E-state index >= 15 is 0 Å². The predicted octanol–water partition coefficient (Wildman–Crippen LogP) is 1.23. The number of halogens is 1. The lowest BCUT2D eigenvalue weighted by Gasteiger charge is -1.99. The van der Waals surface area contributed by atoms with Crippen LogP contribution in [-0.2, 0) is 9.53 Å². The highest BCUT2D eigenvalue weighted by Crippen LogP contribution is 2.24. The molecule has 0 fully saturated rings. The number of nitro groups is 1. The molecule has 0 bridgehead atoms. The number of rotatable bonds is 2. The maximum Gasteiger partial charge on any atom is 0.317 e. The molecule has 0 atom stereocenters. The monoisotopic (exact) mass is 252 g/mol. The lowest BCUT2D eigenvalue weighted by molar-refractivity contribution is -0.384. The van der Waals surface area contributed by atoms with Crippen molar-refractivity contribution in [3.8, 4) is 11.8 Å². The van der Waals surface area contributed by atoms with Crippen molar-refractivity contribution in [3.05, 3.63) is 33.6 Å². The standard InChI is InChI=1S/C11H9FN2O4/c1-18-11(15)4-2-3-7-5-10(14(16)17)9(13)6-8(7)12/h5-6H,4,13H2,1H3. The van der Waals surface area contributed by atoms with E-state index in [-0.39, 0.29) is 17.7 Å². The highest BCUT2D eigenvalue weighted by molar-refractivity contribution is 5.72. The summed E-state index contributed by atoms with van der Waals surface area (Å²) in [4.78, 5) is 20.6. The van der Waals surface area contributed by atoms with Crippen molar-refractivity contribution >= 4 is 17.3 Å². The molecule has 0 aliphatic carbocycles. The first-order valence-electron chi connectivity index (χ1n) is 4.74. The second kappa shape index (κ2) is 5.63. The van der Waals surface area contributed by atoms with E-state index in [1.807, 2.05) is 0 Å². The summed E-state index contributed by atoms with van der Waals surface area (Å²) in [5, 5.41) is 10.6. The minimum Gasteiger partial charge on any atom is -0.468 e. The van der Waals surface area contributed by atoms with Gasteiger partial charge in [-0.25, -0.2) is 4.39 Å². The SMILES string of the molecule is COC(=O)CC#Cc1cc([N+](=O)[O-])c(N)cc1F. The van der Waals surface area contributed by atoms with Crippen LogP contribution >= 0.6 is 0 Å². The average molecular weight is 252 g/mol. The Hall–Kier alpha value is -2.62. The number of anilines is 1. The number of esters is 1. The van der Waals surface area contributed by atoms with Crippen molar-refractivity contribution in [2.24, 2.45) is 0 Å². The summed E-state index contributed by atoms with van der Waals surface area (Å²) in [6, 6.07) is 1.75. The van der Waals surface area contributed by atoms with Gasteiger partial charge in [0.15, 0.2) is 0 Å². The normalized spacial score (nSPS) is 9.22. The van der Waals surface area contributed by atoms with Gasteiger partial charge in [0.2, 0.25) is 0 Å². The second-order valence-electron chi connectivity index (χ2n) is 3.20. The summed E-state index contributed by atoms with van der Waals surface area (Å²) in [5.74, 6) is 3.31. The first-order chi connectivity index (χ1) is 8.45. The molecule has 1 rings (SSSR count). The molecule has 0 aliphatic heterocycles. The molecule has 0 spiro atoms. The smallest absolute Gasteiger partial charge is 0.317 e. The summed E-state index contributed by atoms with van der Waals surface area (Å²) in [5.41, 5.74) is 4.38. The highest BCUT2D eigenvalue weighted by Gasteiger charge is 2.15. The van der Waals surface area contributed by atoms with Crippen molar-refractivity contribution in [3.63, 3.8) is 0 Å². The van der Waals surface area contributed by atoms with E-state index in [4.69, 9.17) is 5.73 Å². The maximum absolute atomic E-state index is 13.4. The zero-order chi connectivity index (χ0) is 13.7. The molecule has 0 saturated heterocycles. The van der Waals surface area contributed by atoms with Gasteiger partial charge in [0, 0.05) is 12.1 Å². The minimum atomic E-state index is -0.782. The Morgan fingerprint density at radius 1 is 1.61 bits per heavy atom. The topological polar surface area (TPSA) is 95.5 Å². The fraction of sp³-hybridized carbons (Fsp3) is 0.182. The van der Waals surface area contributed by atoms with E-state index in [1.54, 1.807) is 0 Å². The number of nitrogens with two attached hydrogens (primary N) is 1. The van der Waals surface area contributed by atoms with E-state index in [2.05, 4.69) is 16.6 Å². The molecular formula is C11H9FN2O4. The molecule has 0 unspecified atom stereocenters. The van der Waals surface area contributed by atoms with E-state index in [1.165, 1.54) is 7.11 Å². The van der Waals surface area contributed by atoms with Gasteiger partial charge in [-0.1, -0.05) is 11.8 Å². The van der Waals surface area contributed by atoms with Crippen LogP contribution in [0.4, 0.5) is 15.8 Å². The third-order valence-electron chi connectivity index (χ3n) is 2.00. The van der Waals surface area contributed by atoms with Crippen molar-refractivity contribution in [2.75, 3.05) is 12.8 Å². The van der Waals surface area contributed by atoms with Gasteiger partial charge in [-0.05, 0) is 0 Å². The second-order valence-corrected chi connectivity index (χ2v) is 3.20. The van der Waals surface area contributed by atoms with Gasteiger partial charge in [0.05, 0.1) is 17.6 Å². The van der Waals surface area contributed by atoms with Gasteiger partial charge < -0.3 is 10.5 Å². The molecule has 0 aliphatic rings. The van der Waals surface area contributed by atoms with Crippen LogP contribution in [-0.4, -0.2) is 18.0 Å². The third kappa shape index (κ3) is 3.18. The molecule has 0 saturated carbocycles. The first-order valence-corrected chi connectivity index (χ1v) is 4.74. The number of nitrogen functional groups attached to an aromatic ring is 1. The van der Waals surface area contributed by atoms with Gasteiger partial charge in [0.25, 0.3) is 5.69 Å². The fourth-order valence-electron chi connectivity index (χ4n) is 1.11. The predicted molar refractivity (Wildman–Crippen MR) is 61.0 cm³/mol. The minimum absolute atomic E-state index is 0.195. The third-order valence-corrected chi connectivity index (χ3v) is 2.00. The Bertz CT molecular complexity index is 560. The largest absolute Gasteiger partial charge is 0.468 e. The Kier molecular flexibility index (Phi) is 4.21. The summed E-state index contributed by atoms with van der Waals surface area (Å²) >= 11 is 0. The molecule has 6 nitrogen and oxygen atoms in total. The van der Waals surface area contributed by atoms with E-state index in [0.29, 0.717) is 0 Å². The molecule has 0 radical (unpaired) electrons. The van der Waals surface area contributed by atoms with Crippen LogP contribution in [0.25, 0.3) is 0 Å². The Morgan fingerprint density at radius 2 is 2.28 bits per heavy atom. The van der Waals surface area contributed by atoms with Crippen LogP contribution in [0.1, 0.15) is 12.0 Å². The molecule has 18 heavy (non-hydrogen) atoms. The highest BCUT2D eigenvalue weighted by atomic mass is 19.1. The molecule has 0 aromatic heterocycles. The van der Waals surface area contributed by atoms with Crippen LogP contribution in [0.5, 0.6) is 0 Å². The van der Waals surface area contributed by atoms with Crippen LogP contribution in [0.15, 0.2) is 12.1 Å². The summed E-state index contributed by atoms with van der Waals surface area (Å²) in [6.45, 7) is 0. The number of carbonyl (C=O) groups excluding carboxylic acids is 1. The summed E-state index contributed by atoms with van der Waals surface area (Å²) in [6.07, 6.45) is -0.228. The summed E-state index contributed by atoms with van der Waals surface area (Å²) in [7, 11) is 1.19. The van der Waals surface area contributed by atoms with E-state index in [0.717, 1.165) is 12.1 Å². The number of methoxy groups -OCH3 is 1. The van der Waals surface area contributed by atoms with Crippen LogP contribution in [0.2, 0.25) is 0 Å². The number of nitrogens with zero attached hydrogens (tertiary/aromatic N) is 1. The zero-order valence-electron chi connectivity index (χ0n) is 9.40. The first kappa shape index (κ1) is 13.4. The molecular weight excluding hydrogens is 243 g/mol. The lowest BCUT2D eigenvalue weighted by Crippen LogP contribution is -1.99. The number of hydrogen-bond acceptors (Lipinski definition) is 5. The summed E-state index contributed by atoms with van der Waals surface area (Å²) < 4.78 is 17.7. The molecule has 0 amide bonds. The van der Waals surface area contributed by atoms with Crippen LogP contribution in [0, 0.1) is 27.8 Å². The van der Waals surface area contributed by atoms with Crippen molar-refractivity contribution < 1.29 is 18.8 Å². The van der Waals surface area contributed by atoms with Crippen molar-refractivity contribution in [2.45, 2.75) is 6.42 Å². The molecule has 1 aromatic carbocycles. The number of nitro benzene ring substituents is 1. The van der Waals surface area contributed by atoms with Crippen molar-refractivity contribution in [1.82, 2.24) is 0 Å². The number of benzene rings is 1. The molecule has 1 aromatic rings. The van der Waals surface area contributed by atoms with Gasteiger partial charge in [-0.3, -0.25) is 14.9 Å². The maximum atomic E-state index is 13.4. The van der Waals surface area contributed by atoms with Crippen molar-refractivity contribution in [1.29, 1.82) is 0 Å². The Labute approximate surface area is 102 Å². The number of hydrogen-bond donors (Lipinski definition) is 1. The molecule has 0 heterocycles. The van der Waals surface area contributed by atoms with E-state index < -0.39 is 22.4 Å². The van der Waals surface area contributed by atoms with Crippen LogP contribution in [0.3, 0.4) is 0 Å². The average Bonchev–Trinajstić information content (AvgIpc) is 2.31. The molecule has 94 valence electrons. The Morgan fingerprint density at radius 3 is 2.83 bits per heavy atom. The molecule has 7 heteroatoms. The van der Waals surface area contributed by atoms with Gasteiger partial charge in [-0.2, -0.15) is 0 Å². The molecule has 2 N–H and O–H groups in total. The van der Waals surface area contributed by atoms with Gasteiger partial charge >= 0.3 is 5.97 Å². The number of ether oxygens (including phenoxy) is 1. The Balaban J connectivity index is 3.06. The fourth-order valence-corrected chi connectivity index (χ4v) is 1.11. The quantitative estimate of drug-likeness (QED) is 0.281. The van der Waals surface area contributed by atoms with Gasteiger partial charge in [0.1, 0.15) is 17.9 Å². The van der Waals surface area contributed by atoms with Gasteiger partial charge in [-0.15, -0.1) is 0 Å². The van der Waals surface area contributed by atoms with E-state index in [9.17, 15) is 19.3 Å². The number of carbonyl (C=O) groups is 1. The van der Waals surface area contributed by atoms with Crippen LogP contribution < -0.4 is 5.73 Å². The zero-order valence-corrected chi connectivity index (χ0v) is 9.40.